The average Bonchev–Trinajstić information content (AvgIpc) is 2.84. The summed E-state index contributed by atoms with van der Waals surface area (Å²) in [6.45, 7) is 6.81. The summed E-state index contributed by atoms with van der Waals surface area (Å²) in [7, 11) is -3.79. The second-order valence-electron chi connectivity index (χ2n) is 5.91. The lowest BCUT2D eigenvalue weighted by atomic mass is 9.86. The first kappa shape index (κ1) is 15.6. The second kappa shape index (κ2) is 5.54. The van der Waals surface area contributed by atoms with E-state index in [0.29, 0.717) is 12.3 Å². The molecule has 5 nitrogen and oxygen atoms in total. The third-order valence-corrected chi connectivity index (χ3v) is 3.89. The quantitative estimate of drug-likeness (QED) is 0.909. The SMILES string of the molecule is CC(C)(C)c1ccccc1NCc1ccc(S(N)(=O)=O)o1. The van der Waals surface area contributed by atoms with Gasteiger partial charge in [-0.1, -0.05) is 39.0 Å². The molecule has 0 saturated carbocycles. The van der Waals surface area contributed by atoms with Crippen molar-refractivity contribution in [3.8, 4) is 0 Å². The van der Waals surface area contributed by atoms with Crippen molar-refractivity contribution in [3.05, 3.63) is 47.7 Å². The van der Waals surface area contributed by atoms with Gasteiger partial charge in [-0.15, -0.1) is 0 Å². The third-order valence-electron chi connectivity index (χ3n) is 3.11. The van der Waals surface area contributed by atoms with Gasteiger partial charge >= 0.3 is 0 Å². The minimum Gasteiger partial charge on any atom is -0.446 e. The number of rotatable bonds is 4. The maximum absolute atomic E-state index is 11.2. The summed E-state index contributed by atoms with van der Waals surface area (Å²) in [6, 6.07) is 11.0. The molecule has 0 saturated heterocycles. The summed E-state index contributed by atoms with van der Waals surface area (Å²) in [4.78, 5) is 0. The van der Waals surface area contributed by atoms with Crippen LogP contribution < -0.4 is 10.5 Å². The standard InChI is InChI=1S/C15H20N2O3S/c1-15(2,3)12-6-4-5-7-13(12)17-10-11-8-9-14(20-11)21(16,18)19/h4-9,17H,10H2,1-3H3,(H2,16,18,19). The predicted octanol–water partition coefficient (Wildman–Crippen LogP) is 2.84. The molecule has 0 bridgehead atoms. The van der Waals surface area contributed by atoms with Crippen molar-refractivity contribution in [2.24, 2.45) is 5.14 Å². The Kier molecular flexibility index (Phi) is 4.11. The summed E-state index contributed by atoms with van der Waals surface area (Å²) >= 11 is 0. The van der Waals surface area contributed by atoms with E-state index >= 15 is 0 Å². The van der Waals surface area contributed by atoms with Crippen molar-refractivity contribution >= 4 is 15.7 Å². The van der Waals surface area contributed by atoms with Gasteiger partial charge in [-0.25, -0.2) is 13.6 Å². The van der Waals surface area contributed by atoms with Crippen LogP contribution >= 0.6 is 0 Å². The molecule has 1 heterocycles. The number of anilines is 1. The fourth-order valence-corrected chi connectivity index (χ4v) is 2.56. The Balaban J connectivity index is 2.16. The fraction of sp³-hybridized carbons (Fsp3) is 0.333. The van der Waals surface area contributed by atoms with E-state index in [1.807, 2.05) is 18.2 Å². The Labute approximate surface area is 125 Å². The Morgan fingerprint density at radius 3 is 2.38 bits per heavy atom. The first-order valence-electron chi connectivity index (χ1n) is 6.63. The number of hydrogen-bond acceptors (Lipinski definition) is 4. The van der Waals surface area contributed by atoms with Crippen molar-refractivity contribution < 1.29 is 12.8 Å². The van der Waals surface area contributed by atoms with Gasteiger partial charge in [0.1, 0.15) is 5.76 Å². The molecule has 21 heavy (non-hydrogen) atoms. The van der Waals surface area contributed by atoms with E-state index in [1.165, 1.54) is 11.6 Å². The van der Waals surface area contributed by atoms with Crippen LogP contribution in [0, 0.1) is 0 Å². The molecular weight excluding hydrogens is 288 g/mol. The minimum absolute atomic E-state index is 0.0124. The first-order chi connectivity index (χ1) is 9.68. The maximum Gasteiger partial charge on any atom is 0.271 e. The molecule has 3 N–H and O–H groups in total. The molecule has 0 spiro atoms. The number of nitrogens with two attached hydrogens (primary N) is 1. The van der Waals surface area contributed by atoms with Crippen LogP contribution in [0.5, 0.6) is 0 Å². The molecule has 0 amide bonds. The van der Waals surface area contributed by atoms with Crippen molar-refractivity contribution in [1.82, 2.24) is 0 Å². The molecule has 2 rings (SSSR count). The first-order valence-corrected chi connectivity index (χ1v) is 8.17. The largest absolute Gasteiger partial charge is 0.446 e. The lowest BCUT2D eigenvalue weighted by Crippen LogP contribution is -2.14. The van der Waals surface area contributed by atoms with Gasteiger partial charge in [-0.05, 0) is 29.2 Å². The summed E-state index contributed by atoms with van der Waals surface area (Å²) in [5, 5.41) is 8.07. The Morgan fingerprint density at radius 1 is 1.14 bits per heavy atom. The molecule has 6 heteroatoms. The van der Waals surface area contributed by atoms with Gasteiger partial charge in [0, 0.05) is 5.69 Å². The molecule has 0 aliphatic heterocycles. The molecular formula is C15H20N2O3S. The van der Waals surface area contributed by atoms with Gasteiger partial charge in [0.15, 0.2) is 0 Å². The van der Waals surface area contributed by atoms with Crippen molar-refractivity contribution in [3.63, 3.8) is 0 Å². The number of primary sulfonamides is 1. The zero-order valence-electron chi connectivity index (χ0n) is 12.4. The van der Waals surface area contributed by atoms with Gasteiger partial charge in [-0.3, -0.25) is 0 Å². The zero-order valence-corrected chi connectivity index (χ0v) is 13.2. The normalized spacial score (nSPS) is 12.4. The van der Waals surface area contributed by atoms with Crippen LogP contribution in [-0.2, 0) is 22.0 Å². The molecule has 1 aromatic carbocycles. The summed E-state index contributed by atoms with van der Waals surface area (Å²) in [5.41, 5.74) is 2.19. The zero-order chi connectivity index (χ0) is 15.7. The van der Waals surface area contributed by atoms with Gasteiger partial charge in [0.25, 0.3) is 10.0 Å². The van der Waals surface area contributed by atoms with E-state index in [2.05, 4.69) is 32.2 Å². The summed E-state index contributed by atoms with van der Waals surface area (Å²) in [6.07, 6.45) is 0. The van der Waals surface area contributed by atoms with E-state index in [1.54, 1.807) is 6.07 Å². The molecule has 0 aliphatic carbocycles. The molecule has 0 fully saturated rings. The fourth-order valence-electron chi connectivity index (χ4n) is 2.08. The van der Waals surface area contributed by atoms with Gasteiger partial charge < -0.3 is 9.73 Å². The highest BCUT2D eigenvalue weighted by atomic mass is 32.2. The molecule has 1 aromatic heterocycles. The van der Waals surface area contributed by atoms with E-state index in [4.69, 9.17) is 9.56 Å². The van der Waals surface area contributed by atoms with Crippen molar-refractivity contribution in [2.45, 2.75) is 37.8 Å². The number of para-hydroxylation sites is 1. The number of furan rings is 1. The molecule has 0 aliphatic rings. The Hall–Kier alpha value is -1.79. The smallest absolute Gasteiger partial charge is 0.271 e. The van der Waals surface area contributed by atoms with E-state index in [0.717, 1.165) is 5.69 Å². The van der Waals surface area contributed by atoms with E-state index < -0.39 is 10.0 Å². The van der Waals surface area contributed by atoms with Gasteiger partial charge in [-0.2, -0.15) is 0 Å². The summed E-state index contributed by atoms with van der Waals surface area (Å²) in [5.74, 6) is 0.516. The highest BCUT2D eigenvalue weighted by Gasteiger charge is 2.18. The molecule has 0 unspecified atom stereocenters. The van der Waals surface area contributed by atoms with Crippen LogP contribution in [-0.4, -0.2) is 8.42 Å². The number of benzene rings is 1. The number of sulfonamides is 1. The number of hydrogen-bond donors (Lipinski definition) is 2. The van der Waals surface area contributed by atoms with Crippen LogP contribution in [0.2, 0.25) is 0 Å². The Bertz CT molecular complexity index is 727. The molecule has 0 atom stereocenters. The highest BCUT2D eigenvalue weighted by Crippen LogP contribution is 2.29. The minimum atomic E-state index is -3.79. The van der Waals surface area contributed by atoms with Crippen LogP contribution in [0.25, 0.3) is 0 Å². The molecule has 2 aromatic rings. The second-order valence-corrected chi connectivity index (χ2v) is 7.41. The summed E-state index contributed by atoms with van der Waals surface area (Å²) < 4.78 is 27.6. The lowest BCUT2D eigenvalue weighted by Gasteiger charge is -2.23. The Morgan fingerprint density at radius 2 is 1.81 bits per heavy atom. The highest BCUT2D eigenvalue weighted by molar-refractivity contribution is 7.89. The maximum atomic E-state index is 11.2. The third kappa shape index (κ3) is 3.86. The molecule has 0 radical (unpaired) electrons. The van der Waals surface area contributed by atoms with Crippen LogP contribution in [0.15, 0.2) is 45.9 Å². The van der Waals surface area contributed by atoms with Crippen LogP contribution in [0.1, 0.15) is 32.1 Å². The molecule has 114 valence electrons. The van der Waals surface area contributed by atoms with Crippen LogP contribution in [0.3, 0.4) is 0 Å². The topological polar surface area (TPSA) is 85.3 Å². The van der Waals surface area contributed by atoms with Crippen molar-refractivity contribution in [1.29, 1.82) is 0 Å². The van der Waals surface area contributed by atoms with Crippen LogP contribution in [0.4, 0.5) is 5.69 Å². The van der Waals surface area contributed by atoms with Crippen molar-refractivity contribution in [2.75, 3.05) is 5.32 Å². The van der Waals surface area contributed by atoms with E-state index in [9.17, 15) is 8.42 Å². The monoisotopic (exact) mass is 308 g/mol. The van der Waals surface area contributed by atoms with E-state index in [-0.39, 0.29) is 10.5 Å². The van der Waals surface area contributed by atoms with Gasteiger partial charge in [0.05, 0.1) is 6.54 Å². The predicted molar refractivity (Wildman–Crippen MR) is 82.5 cm³/mol. The number of nitrogens with one attached hydrogen (secondary N) is 1. The average molecular weight is 308 g/mol. The lowest BCUT2D eigenvalue weighted by molar-refractivity contribution is 0.419. The van der Waals surface area contributed by atoms with Gasteiger partial charge in [0.2, 0.25) is 5.09 Å².